The minimum absolute atomic E-state index is 0.252. The molecule has 1 aliphatic rings. The van der Waals surface area contributed by atoms with E-state index in [1.165, 1.54) is 11.3 Å². The Morgan fingerprint density at radius 2 is 2.44 bits per heavy atom. The van der Waals surface area contributed by atoms with E-state index in [4.69, 9.17) is 9.84 Å². The maximum atomic E-state index is 11.0. The fourth-order valence-electron chi connectivity index (χ4n) is 2.09. The van der Waals surface area contributed by atoms with Crippen molar-refractivity contribution in [1.82, 2.24) is 4.98 Å². The van der Waals surface area contributed by atoms with Crippen LogP contribution >= 0.6 is 11.3 Å². The highest BCUT2D eigenvalue weighted by atomic mass is 32.1. The van der Waals surface area contributed by atoms with Crippen LogP contribution in [0.2, 0.25) is 0 Å². The summed E-state index contributed by atoms with van der Waals surface area (Å²) < 4.78 is 5.61. The third-order valence-corrected chi connectivity index (χ3v) is 4.29. The molecule has 18 heavy (non-hydrogen) atoms. The Labute approximate surface area is 110 Å². The number of carboxylic acid groups (broad SMARTS) is 1. The molecule has 0 saturated carbocycles. The van der Waals surface area contributed by atoms with E-state index in [0.717, 1.165) is 37.7 Å². The molecule has 1 unspecified atom stereocenters. The quantitative estimate of drug-likeness (QED) is 0.888. The maximum absolute atomic E-state index is 11.0. The van der Waals surface area contributed by atoms with Gasteiger partial charge in [-0.25, -0.2) is 9.78 Å². The zero-order chi connectivity index (χ0) is 13.1. The van der Waals surface area contributed by atoms with Gasteiger partial charge in [0.1, 0.15) is 4.88 Å². The molecule has 0 amide bonds. The number of aromatic nitrogens is 1. The van der Waals surface area contributed by atoms with Crippen LogP contribution in [0.15, 0.2) is 0 Å². The lowest BCUT2D eigenvalue weighted by atomic mass is 10.2. The lowest BCUT2D eigenvalue weighted by molar-refractivity contribution is 0.0701. The van der Waals surface area contributed by atoms with E-state index in [-0.39, 0.29) is 6.10 Å². The van der Waals surface area contributed by atoms with E-state index in [1.807, 2.05) is 6.92 Å². The Morgan fingerprint density at radius 1 is 1.67 bits per heavy atom. The van der Waals surface area contributed by atoms with Gasteiger partial charge in [-0.2, -0.15) is 0 Å². The third kappa shape index (κ3) is 2.81. The molecular formula is C12H18N2O3S. The summed E-state index contributed by atoms with van der Waals surface area (Å²) in [6.07, 6.45) is 2.44. The highest BCUT2D eigenvalue weighted by molar-refractivity contribution is 7.17. The molecule has 0 spiro atoms. The molecule has 100 valence electrons. The highest BCUT2D eigenvalue weighted by Gasteiger charge is 2.22. The number of anilines is 1. The Hall–Kier alpha value is -1.14. The first-order chi connectivity index (χ1) is 8.61. The minimum atomic E-state index is -0.899. The number of hydrogen-bond acceptors (Lipinski definition) is 5. The van der Waals surface area contributed by atoms with Gasteiger partial charge in [-0.15, -0.1) is 0 Å². The molecule has 1 N–H and O–H groups in total. The standard InChI is InChI=1S/C12H18N2O3S/c1-3-14(7-9-5-4-6-17-9)12-13-8(2)10(18-12)11(15)16/h9H,3-7H2,1-2H3,(H,15,16). The molecule has 1 aliphatic heterocycles. The van der Waals surface area contributed by atoms with E-state index in [2.05, 4.69) is 9.88 Å². The predicted molar refractivity (Wildman–Crippen MR) is 70.7 cm³/mol. The summed E-state index contributed by atoms with van der Waals surface area (Å²) in [6.45, 7) is 6.23. The molecule has 1 aromatic rings. The third-order valence-electron chi connectivity index (χ3n) is 3.08. The number of hydrogen-bond donors (Lipinski definition) is 1. The number of likely N-dealkylation sites (N-methyl/N-ethyl adjacent to an activating group) is 1. The second kappa shape index (κ2) is 5.67. The fraction of sp³-hybridized carbons (Fsp3) is 0.667. The number of aromatic carboxylic acids is 1. The summed E-state index contributed by atoms with van der Waals surface area (Å²) in [5.41, 5.74) is 0.591. The molecule has 1 fully saturated rings. The van der Waals surface area contributed by atoms with Crippen LogP contribution in [0, 0.1) is 6.92 Å². The molecular weight excluding hydrogens is 252 g/mol. The molecule has 1 saturated heterocycles. The molecule has 5 nitrogen and oxygen atoms in total. The molecule has 1 atom stereocenters. The molecule has 0 radical (unpaired) electrons. The van der Waals surface area contributed by atoms with Gasteiger partial charge in [-0.05, 0) is 26.7 Å². The van der Waals surface area contributed by atoms with E-state index in [1.54, 1.807) is 6.92 Å². The van der Waals surface area contributed by atoms with Crippen molar-refractivity contribution in [3.8, 4) is 0 Å². The van der Waals surface area contributed by atoms with Crippen LogP contribution in [-0.2, 0) is 4.74 Å². The Bertz CT molecular complexity index is 427. The largest absolute Gasteiger partial charge is 0.477 e. The number of rotatable bonds is 5. The summed E-state index contributed by atoms with van der Waals surface area (Å²) in [5, 5.41) is 9.83. The van der Waals surface area contributed by atoms with Gasteiger partial charge < -0.3 is 14.7 Å². The normalized spacial score (nSPS) is 19.1. The van der Waals surface area contributed by atoms with Gasteiger partial charge >= 0.3 is 5.97 Å². The zero-order valence-corrected chi connectivity index (χ0v) is 11.5. The average Bonchev–Trinajstić information content (AvgIpc) is 2.94. The Balaban J connectivity index is 2.11. The highest BCUT2D eigenvalue weighted by Crippen LogP contribution is 2.27. The van der Waals surface area contributed by atoms with Crippen molar-refractivity contribution in [1.29, 1.82) is 0 Å². The van der Waals surface area contributed by atoms with Crippen LogP contribution in [0.5, 0.6) is 0 Å². The second-order valence-corrected chi connectivity index (χ2v) is 5.37. The van der Waals surface area contributed by atoms with Gasteiger partial charge in [0.25, 0.3) is 0 Å². The van der Waals surface area contributed by atoms with E-state index in [0.29, 0.717) is 10.6 Å². The summed E-state index contributed by atoms with van der Waals surface area (Å²) in [4.78, 5) is 17.8. The molecule has 2 heterocycles. The Kier molecular flexibility index (Phi) is 4.19. The van der Waals surface area contributed by atoms with Crippen LogP contribution in [0.3, 0.4) is 0 Å². The van der Waals surface area contributed by atoms with Gasteiger partial charge in [0, 0.05) is 19.7 Å². The lowest BCUT2D eigenvalue weighted by Gasteiger charge is -2.23. The number of thiazole rings is 1. The number of carboxylic acids is 1. The van der Waals surface area contributed by atoms with Gasteiger partial charge in [0.05, 0.1) is 11.8 Å². The molecule has 2 rings (SSSR count). The van der Waals surface area contributed by atoms with Crippen molar-refractivity contribution in [2.24, 2.45) is 0 Å². The van der Waals surface area contributed by atoms with E-state index >= 15 is 0 Å². The zero-order valence-electron chi connectivity index (χ0n) is 10.7. The van der Waals surface area contributed by atoms with Crippen molar-refractivity contribution in [3.63, 3.8) is 0 Å². The van der Waals surface area contributed by atoms with Gasteiger partial charge in [-0.3, -0.25) is 0 Å². The summed E-state index contributed by atoms with van der Waals surface area (Å²) in [5.74, 6) is -0.899. The van der Waals surface area contributed by atoms with Crippen molar-refractivity contribution in [2.45, 2.75) is 32.8 Å². The van der Waals surface area contributed by atoms with Gasteiger partial charge in [0.15, 0.2) is 5.13 Å². The number of carbonyl (C=O) groups is 1. The first kappa shape index (κ1) is 13.3. The molecule has 0 bridgehead atoms. The van der Waals surface area contributed by atoms with Crippen molar-refractivity contribution < 1.29 is 14.6 Å². The van der Waals surface area contributed by atoms with Crippen LogP contribution in [0.25, 0.3) is 0 Å². The van der Waals surface area contributed by atoms with E-state index in [9.17, 15) is 4.79 Å². The summed E-state index contributed by atoms with van der Waals surface area (Å²) in [7, 11) is 0. The maximum Gasteiger partial charge on any atom is 0.347 e. The minimum Gasteiger partial charge on any atom is -0.477 e. The SMILES string of the molecule is CCN(CC1CCCO1)c1nc(C)c(C(=O)O)s1. The van der Waals surface area contributed by atoms with Crippen molar-refractivity contribution >= 4 is 22.4 Å². The first-order valence-electron chi connectivity index (χ1n) is 6.19. The topological polar surface area (TPSA) is 62.7 Å². The molecule has 0 aliphatic carbocycles. The van der Waals surface area contributed by atoms with Crippen LogP contribution in [0.4, 0.5) is 5.13 Å². The van der Waals surface area contributed by atoms with Crippen molar-refractivity contribution in [2.75, 3.05) is 24.6 Å². The van der Waals surface area contributed by atoms with Gasteiger partial charge in [0.2, 0.25) is 0 Å². The lowest BCUT2D eigenvalue weighted by Crippen LogP contribution is -2.31. The Morgan fingerprint density at radius 3 is 2.94 bits per heavy atom. The predicted octanol–water partition coefficient (Wildman–Crippen LogP) is 2.16. The van der Waals surface area contributed by atoms with Crippen LogP contribution in [0.1, 0.15) is 35.1 Å². The van der Waals surface area contributed by atoms with Crippen LogP contribution < -0.4 is 4.90 Å². The van der Waals surface area contributed by atoms with Crippen molar-refractivity contribution in [3.05, 3.63) is 10.6 Å². The van der Waals surface area contributed by atoms with Crippen LogP contribution in [-0.4, -0.2) is 41.9 Å². The molecule has 6 heteroatoms. The number of ether oxygens (including phenoxy) is 1. The summed E-state index contributed by atoms with van der Waals surface area (Å²) in [6, 6.07) is 0. The molecule has 0 aromatic carbocycles. The number of aryl methyl sites for hydroxylation is 1. The van der Waals surface area contributed by atoms with Gasteiger partial charge in [-0.1, -0.05) is 11.3 Å². The average molecular weight is 270 g/mol. The fourth-order valence-corrected chi connectivity index (χ4v) is 3.07. The van der Waals surface area contributed by atoms with E-state index < -0.39 is 5.97 Å². The summed E-state index contributed by atoms with van der Waals surface area (Å²) >= 11 is 1.24. The smallest absolute Gasteiger partial charge is 0.347 e. The number of nitrogens with zero attached hydrogens (tertiary/aromatic N) is 2. The molecule has 1 aromatic heterocycles. The first-order valence-corrected chi connectivity index (χ1v) is 7.00. The monoisotopic (exact) mass is 270 g/mol. The second-order valence-electron chi connectivity index (χ2n) is 4.39.